The average molecular weight is 336 g/mol. The normalized spacial score (nSPS) is 20.3. The first kappa shape index (κ1) is 17.3. The molecule has 25 heavy (non-hydrogen) atoms. The van der Waals surface area contributed by atoms with E-state index in [0.717, 1.165) is 41.2 Å². The van der Waals surface area contributed by atoms with Crippen LogP contribution in [-0.2, 0) is 0 Å². The highest BCUT2D eigenvalue weighted by molar-refractivity contribution is 5.91. The second-order valence-electron chi connectivity index (χ2n) is 6.63. The Labute approximate surface area is 148 Å². The smallest absolute Gasteiger partial charge is 0.162 e. The molecule has 0 spiro atoms. The zero-order valence-corrected chi connectivity index (χ0v) is 14.6. The standard InChI is InChI=1S/C20H22N4.H2O/c1-14-12-24(13-15(2)21-14)20-17-10-6-7-11-18(17)22-19(23-20)16-8-4-3-5-9-16;/h3-11,14-15,21H,12-13H2,1-2H3;1H2. The molecule has 1 saturated heterocycles. The number of nitrogens with zero attached hydrogens (tertiary/aromatic N) is 3. The third kappa shape index (κ3) is 3.48. The molecule has 2 heterocycles. The van der Waals surface area contributed by atoms with Crippen molar-refractivity contribution in [3.63, 3.8) is 0 Å². The molecule has 3 aromatic rings. The summed E-state index contributed by atoms with van der Waals surface area (Å²) in [6.07, 6.45) is 0. The molecule has 4 rings (SSSR count). The highest BCUT2D eigenvalue weighted by Crippen LogP contribution is 2.28. The van der Waals surface area contributed by atoms with Crippen molar-refractivity contribution in [2.24, 2.45) is 0 Å². The quantitative estimate of drug-likeness (QED) is 0.781. The average Bonchev–Trinajstić information content (AvgIpc) is 2.60. The number of hydrogen-bond acceptors (Lipinski definition) is 4. The van der Waals surface area contributed by atoms with E-state index in [1.54, 1.807) is 0 Å². The number of hydrogen-bond donors (Lipinski definition) is 1. The fraction of sp³-hybridized carbons (Fsp3) is 0.300. The minimum Gasteiger partial charge on any atom is -0.412 e. The zero-order chi connectivity index (χ0) is 16.5. The Kier molecular flexibility index (Phi) is 4.97. The predicted octanol–water partition coefficient (Wildman–Crippen LogP) is 2.66. The number of fused-ring (bicyclic) bond motifs is 1. The van der Waals surface area contributed by atoms with Crippen LogP contribution in [0.2, 0.25) is 0 Å². The first-order valence-electron chi connectivity index (χ1n) is 8.54. The second kappa shape index (κ2) is 7.17. The topological polar surface area (TPSA) is 72.6 Å². The van der Waals surface area contributed by atoms with E-state index in [1.807, 2.05) is 24.3 Å². The molecule has 0 amide bonds. The summed E-state index contributed by atoms with van der Waals surface area (Å²) >= 11 is 0. The minimum atomic E-state index is 0. The van der Waals surface area contributed by atoms with Crippen LogP contribution in [-0.4, -0.2) is 40.6 Å². The predicted molar refractivity (Wildman–Crippen MR) is 103 cm³/mol. The largest absolute Gasteiger partial charge is 0.412 e. The molecule has 2 atom stereocenters. The fourth-order valence-electron chi connectivity index (χ4n) is 3.52. The Morgan fingerprint density at radius 2 is 1.52 bits per heavy atom. The van der Waals surface area contributed by atoms with E-state index in [-0.39, 0.29) is 5.48 Å². The Bertz CT molecular complexity index is 843. The lowest BCUT2D eigenvalue weighted by atomic mass is 10.1. The van der Waals surface area contributed by atoms with Gasteiger partial charge in [0.15, 0.2) is 5.82 Å². The van der Waals surface area contributed by atoms with Crippen LogP contribution in [0.1, 0.15) is 13.8 Å². The summed E-state index contributed by atoms with van der Waals surface area (Å²) < 4.78 is 0. The molecule has 1 fully saturated rings. The molecule has 3 N–H and O–H groups in total. The van der Waals surface area contributed by atoms with E-state index in [9.17, 15) is 0 Å². The van der Waals surface area contributed by atoms with E-state index in [4.69, 9.17) is 9.97 Å². The van der Waals surface area contributed by atoms with Crippen LogP contribution in [0.5, 0.6) is 0 Å². The highest BCUT2D eigenvalue weighted by atomic mass is 16.0. The highest BCUT2D eigenvalue weighted by Gasteiger charge is 2.24. The van der Waals surface area contributed by atoms with Gasteiger partial charge in [0.2, 0.25) is 0 Å². The maximum atomic E-state index is 4.95. The Balaban J connectivity index is 0.00000182. The van der Waals surface area contributed by atoms with E-state index < -0.39 is 0 Å². The van der Waals surface area contributed by atoms with Crippen LogP contribution < -0.4 is 10.2 Å². The Morgan fingerprint density at radius 1 is 0.880 bits per heavy atom. The molecule has 2 unspecified atom stereocenters. The van der Waals surface area contributed by atoms with Gasteiger partial charge >= 0.3 is 0 Å². The van der Waals surface area contributed by atoms with Gasteiger partial charge in [-0.15, -0.1) is 0 Å². The second-order valence-corrected chi connectivity index (χ2v) is 6.63. The maximum Gasteiger partial charge on any atom is 0.162 e. The van der Waals surface area contributed by atoms with Gasteiger partial charge in [-0.25, -0.2) is 9.97 Å². The SMILES string of the molecule is CC1CN(c2nc(-c3ccccc3)nc3ccccc23)CC(C)N1.O. The van der Waals surface area contributed by atoms with Crippen molar-refractivity contribution in [2.75, 3.05) is 18.0 Å². The lowest BCUT2D eigenvalue weighted by Crippen LogP contribution is -2.54. The van der Waals surface area contributed by atoms with Crippen molar-refractivity contribution in [1.29, 1.82) is 0 Å². The third-order valence-electron chi connectivity index (χ3n) is 4.47. The van der Waals surface area contributed by atoms with Crippen LogP contribution in [0.4, 0.5) is 5.82 Å². The molecule has 2 aromatic carbocycles. The van der Waals surface area contributed by atoms with E-state index in [1.165, 1.54) is 0 Å². The molecule has 1 aromatic heterocycles. The minimum absolute atomic E-state index is 0. The van der Waals surface area contributed by atoms with Crippen LogP contribution >= 0.6 is 0 Å². The summed E-state index contributed by atoms with van der Waals surface area (Å²) in [6.45, 7) is 6.37. The molecule has 5 heteroatoms. The molecule has 5 nitrogen and oxygen atoms in total. The number of aromatic nitrogens is 2. The lowest BCUT2D eigenvalue weighted by molar-refractivity contribution is 0.406. The zero-order valence-electron chi connectivity index (χ0n) is 14.6. The number of nitrogens with one attached hydrogen (secondary N) is 1. The number of anilines is 1. The first-order chi connectivity index (χ1) is 11.7. The van der Waals surface area contributed by atoms with E-state index >= 15 is 0 Å². The van der Waals surface area contributed by atoms with Gasteiger partial charge in [0.05, 0.1) is 5.52 Å². The van der Waals surface area contributed by atoms with Gasteiger partial charge in [-0.2, -0.15) is 0 Å². The van der Waals surface area contributed by atoms with Crippen molar-refractivity contribution >= 4 is 16.7 Å². The van der Waals surface area contributed by atoms with Crippen LogP contribution in [0.25, 0.3) is 22.3 Å². The van der Waals surface area contributed by atoms with Crippen molar-refractivity contribution < 1.29 is 5.48 Å². The molecule has 1 aliphatic rings. The van der Waals surface area contributed by atoms with E-state index in [0.29, 0.717) is 12.1 Å². The van der Waals surface area contributed by atoms with Crippen molar-refractivity contribution in [3.8, 4) is 11.4 Å². The van der Waals surface area contributed by atoms with Gasteiger partial charge in [-0.1, -0.05) is 42.5 Å². The lowest BCUT2D eigenvalue weighted by Gasteiger charge is -2.37. The van der Waals surface area contributed by atoms with Gasteiger partial charge in [0.25, 0.3) is 0 Å². The van der Waals surface area contributed by atoms with Gasteiger partial charge in [-0.05, 0) is 26.0 Å². The Morgan fingerprint density at radius 3 is 2.24 bits per heavy atom. The van der Waals surface area contributed by atoms with Crippen LogP contribution in [0.3, 0.4) is 0 Å². The van der Waals surface area contributed by atoms with Crippen molar-refractivity contribution in [1.82, 2.24) is 15.3 Å². The molecule has 130 valence electrons. The summed E-state index contributed by atoms with van der Waals surface area (Å²) in [5, 5.41) is 4.71. The molecule has 0 radical (unpaired) electrons. The van der Waals surface area contributed by atoms with E-state index in [2.05, 4.69) is 54.4 Å². The maximum absolute atomic E-state index is 4.95. The first-order valence-corrected chi connectivity index (χ1v) is 8.54. The molecule has 0 aliphatic carbocycles. The number of rotatable bonds is 2. The van der Waals surface area contributed by atoms with Gasteiger partial charge in [0, 0.05) is 36.1 Å². The summed E-state index contributed by atoms with van der Waals surface area (Å²) in [7, 11) is 0. The number of piperazine rings is 1. The molecule has 0 saturated carbocycles. The summed E-state index contributed by atoms with van der Waals surface area (Å²) in [6, 6.07) is 19.4. The number of benzene rings is 2. The summed E-state index contributed by atoms with van der Waals surface area (Å²) in [4.78, 5) is 12.1. The third-order valence-corrected chi connectivity index (χ3v) is 4.47. The van der Waals surface area contributed by atoms with Gasteiger partial charge in [-0.3, -0.25) is 0 Å². The summed E-state index contributed by atoms with van der Waals surface area (Å²) in [5.74, 6) is 1.84. The molecule has 1 aliphatic heterocycles. The summed E-state index contributed by atoms with van der Waals surface area (Å²) in [5.41, 5.74) is 2.06. The molecular weight excluding hydrogens is 312 g/mol. The van der Waals surface area contributed by atoms with Crippen LogP contribution in [0.15, 0.2) is 54.6 Å². The Hall–Kier alpha value is -2.50. The fourth-order valence-corrected chi connectivity index (χ4v) is 3.52. The van der Waals surface area contributed by atoms with Crippen LogP contribution in [0, 0.1) is 0 Å². The van der Waals surface area contributed by atoms with Crippen molar-refractivity contribution in [3.05, 3.63) is 54.6 Å². The number of para-hydroxylation sites is 1. The van der Waals surface area contributed by atoms with Gasteiger partial charge in [0.1, 0.15) is 5.82 Å². The molecule has 0 bridgehead atoms. The monoisotopic (exact) mass is 336 g/mol. The van der Waals surface area contributed by atoms with Gasteiger partial charge < -0.3 is 15.7 Å². The molecular formula is C20H24N4O. The van der Waals surface area contributed by atoms with Crippen molar-refractivity contribution in [2.45, 2.75) is 25.9 Å².